The first-order chi connectivity index (χ1) is 10.6. The van der Waals surface area contributed by atoms with E-state index in [0.29, 0.717) is 22.9 Å². The molecule has 0 bridgehead atoms. The van der Waals surface area contributed by atoms with Gasteiger partial charge in [-0.15, -0.1) is 5.10 Å². The van der Waals surface area contributed by atoms with Crippen molar-refractivity contribution < 1.29 is 9.53 Å². The lowest BCUT2D eigenvalue weighted by atomic mass is 10.2. The van der Waals surface area contributed by atoms with Crippen LogP contribution in [0.3, 0.4) is 0 Å². The summed E-state index contributed by atoms with van der Waals surface area (Å²) in [5, 5.41) is 7.73. The van der Waals surface area contributed by atoms with Crippen molar-refractivity contribution >= 4 is 39.6 Å². The summed E-state index contributed by atoms with van der Waals surface area (Å²) in [4.78, 5) is 12.3. The Bertz CT molecular complexity index is 715. The van der Waals surface area contributed by atoms with Crippen molar-refractivity contribution in [1.29, 1.82) is 0 Å². The third-order valence-electron chi connectivity index (χ3n) is 2.56. The highest BCUT2D eigenvalue weighted by molar-refractivity contribution is 9.10. The lowest BCUT2D eigenvalue weighted by Crippen LogP contribution is -2.17. The summed E-state index contributed by atoms with van der Waals surface area (Å²) in [5.41, 5.74) is 3.76. The summed E-state index contributed by atoms with van der Waals surface area (Å²) in [6.45, 7) is 5.72. The van der Waals surface area contributed by atoms with Crippen molar-refractivity contribution in [3.63, 3.8) is 0 Å². The number of hydrogen-bond acceptors (Lipinski definition) is 6. The molecule has 0 spiro atoms. The van der Waals surface area contributed by atoms with E-state index in [4.69, 9.17) is 4.74 Å². The van der Waals surface area contributed by atoms with E-state index in [1.807, 2.05) is 18.2 Å². The van der Waals surface area contributed by atoms with E-state index < -0.39 is 0 Å². The molecular formula is C14H13BrN4O2S. The normalized spacial score (nSPS) is 10.6. The zero-order chi connectivity index (χ0) is 15.9. The molecule has 0 saturated heterocycles. The standard InChI is InChI=1S/C14H13BrN4O2S/c1-3-6-21-12-5-4-11(15)7-10(12)8-16-18-14(20)13-9(2)17-19-22-13/h3-5,7-8H,1,6H2,2H3,(H,18,20)/b16-8-. The average Bonchev–Trinajstić information content (AvgIpc) is 2.92. The summed E-state index contributed by atoms with van der Waals surface area (Å²) in [7, 11) is 0. The molecule has 1 aromatic carbocycles. The minimum Gasteiger partial charge on any atom is -0.489 e. The second-order valence-corrected chi connectivity index (χ2v) is 5.84. The number of amides is 1. The highest BCUT2D eigenvalue weighted by Crippen LogP contribution is 2.21. The Morgan fingerprint density at radius 2 is 2.41 bits per heavy atom. The number of aromatic nitrogens is 2. The molecule has 0 saturated carbocycles. The van der Waals surface area contributed by atoms with Crippen LogP contribution in [0.4, 0.5) is 0 Å². The first kappa shape index (κ1) is 16.3. The third-order valence-corrected chi connectivity index (χ3v) is 3.88. The smallest absolute Gasteiger partial charge is 0.285 e. The Morgan fingerprint density at radius 1 is 1.59 bits per heavy atom. The van der Waals surface area contributed by atoms with Crippen LogP contribution in [0.2, 0.25) is 0 Å². The molecule has 8 heteroatoms. The van der Waals surface area contributed by atoms with Crippen molar-refractivity contribution in [3.05, 3.63) is 51.5 Å². The second kappa shape index (κ2) is 7.81. The van der Waals surface area contributed by atoms with Crippen LogP contribution >= 0.6 is 27.5 Å². The molecule has 0 atom stereocenters. The minimum atomic E-state index is -0.340. The second-order valence-electron chi connectivity index (χ2n) is 4.17. The van der Waals surface area contributed by atoms with Crippen LogP contribution in [-0.4, -0.2) is 28.3 Å². The van der Waals surface area contributed by atoms with Crippen LogP contribution in [0, 0.1) is 6.92 Å². The maximum absolute atomic E-state index is 11.9. The lowest BCUT2D eigenvalue weighted by molar-refractivity contribution is 0.0958. The maximum Gasteiger partial charge on any atom is 0.285 e. The van der Waals surface area contributed by atoms with Gasteiger partial charge in [-0.2, -0.15) is 5.10 Å². The van der Waals surface area contributed by atoms with Gasteiger partial charge in [-0.1, -0.05) is 33.1 Å². The first-order valence-electron chi connectivity index (χ1n) is 6.27. The van der Waals surface area contributed by atoms with E-state index in [1.54, 1.807) is 13.0 Å². The molecule has 22 heavy (non-hydrogen) atoms. The quantitative estimate of drug-likeness (QED) is 0.474. The molecule has 0 aliphatic heterocycles. The van der Waals surface area contributed by atoms with Gasteiger partial charge < -0.3 is 4.74 Å². The van der Waals surface area contributed by atoms with Gasteiger partial charge in [0.2, 0.25) is 0 Å². The van der Waals surface area contributed by atoms with Crippen LogP contribution in [0.5, 0.6) is 5.75 Å². The number of aryl methyl sites for hydroxylation is 1. The SMILES string of the molecule is C=CCOc1ccc(Br)cc1/C=N\NC(=O)c1snnc1C. The van der Waals surface area contributed by atoms with Crippen LogP contribution in [0.25, 0.3) is 0 Å². The summed E-state index contributed by atoms with van der Waals surface area (Å²) >= 11 is 4.42. The molecule has 6 nitrogen and oxygen atoms in total. The molecule has 1 aromatic heterocycles. The summed E-state index contributed by atoms with van der Waals surface area (Å²) in [6.07, 6.45) is 3.18. The van der Waals surface area contributed by atoms with Crippen LogP contribution in [-0.2, 0) is 0 Å². The van der Waals surface area contributed by atoms with Gasteiger partial charge >= 0.3 is 0 Å². The molecule has 0 aliphatic carbocycles. The third kappa shape index (κ3) is 4.22. The van der Waals surface area contributed by atoms with Crippen molar-refractivity contribution in [1.82, 2.24) is 15.0 Å². The molecular weight excluding hydrogens is 368 g/mol. The number of ether oxygens (including phenoxy) is 1. The van der Waals surface area contributed by atoms with Gasteiger partial charge in [0.1, 0.15) is 17.2 Å². The number of halogens is 1. The average molecular weight is 381 g/mol. The molecule has 0 aliphatic rings. The molecule has 1 amide bonds. The van der Waals surface area contributed by atoms with E-state index in [2.05, 4.69) is 42.6 Å². The molecule has 1 heterocycles. The predicted octanol–water partition coefficient (Wildman–Crippen LogP) is 2.94. The number of nitrogens with zero attached hydrogens (tertiary/aromatic N) is 3. The Kier molecular flexibility index (Phi) is 5.79. The van der Waals surface area contributed by atoms with E-state index in [0.717, 1.165) is 21.6 Å². The van der Waals surface area contributed by atoms with Gasteiger partial charge in [-0.3, -0.25) is 4.79 Å². The number of rotatable bonds is 6. The van der Waals surface area contributed by atoms with Gasteiger partial charge in [0.25, 0.3) is 5.91 Å². The molecule has 0 radical (unpaired) electrons. The van der Waals surface area contributed by atoms with Gasteiger partial charge in [0.05, 0.1) is 11.9 Å². The molecule has 2 aromatic rings. The highest BCUT2D eigenvalue weighted by Gasteiger charge is 2.12. The van der Waals surface area contributed by atoms with Crippen LogP contribution < -0.4 is 10.2 Å². The largest absolute Gasteiger partial charge is 0.489 e. The van der Waals surface area contributed by atoms with Crippen LogP contribution in [0.15, 0.2) is 40.4 Å². The van der Waals surface area contributed by atoms with Crippen molar-refractivity contribution in [3.8, 4) is 5.75 Å². The molecule has 1 N–H and O–H groups in total. The summed E-state index contributed by atoms with van der Waals surface area (Å²) < 4.78 is 10.1. The number of hydrogen-bond donors (Lipinski definition) is 1. The number of nitrogens with one attached hydrogen (secondary N) is 1. The number of benzene rings is 1. The molecule has 114 valence electrons. The zero-order valence-corrected chi connectivity index (χ0v) is 14.1. The predicted molar refractivity (Wildman–Crippen MR) is 89.5 cm³/mol. The van der Waals surface area contributed by atoms with E-state index in [1.165, 1.54) is 6.21 Å². The Labute approximate surface area is 140 Å². The van der Waals surface area contributed by atoms with Gasteiger partial charge in [0, 0.05) is 10.0 Å². The zero-order valence-electron chi connectivity index (χ0n) is 11.7. The van der Waals surface area contributed by atoms with Gasteiger partial charge in [-0.05, 0) is 36.7 Å². The molecule has 0 fully saturated rings. The molecule has 0 unspecified atom stereocenters. The van der Waals surface area contributed by atoms with Crippen LogP contribution in [0.1, 0.15) is 20.9 Å². The van der Waals surface area contributed by atoms with E-state index >= 15 is 0 Å². The van der Waals surface area contributed by atoms with Gasteiger partial charge in [-0.25, -0.2) is 5.43 Å². The van der Waals surface area contributed by atoms with Crippen molar-refractivity contribution in [2.75, 3.05) is 6.61 Å². The fraction of sp³-hybridized carbons (Fsp3) is 0.143. The number of hydrazone groups is 1. The van der Waals surface area contributed by atoms with Crippen molar-refractivity contribution in [2.45, 2.75) is 6.92 Å². The fourth-order valence-corrected chi connectivity index (χ4v) is 2.48. The topological polar surface area (TPSA) is 76.5 Å². The monoisotopic (exact) mass is 380 g/mol. The Hall–Kier alpha value is -2.06. The molecule has 2 rings (SSSR count). The van der Waals surface area contributed by atoms with E-state index in [-0.39, 0.29) is 5.91 Å². The highest BCUT2D eigenvalue weighted by atomic mass is 79.9. The summed E-state index contributed by atoms with van der Waals surface area (Å²) in [6, 6.07) is 5.52. The Balaban J connectivity index is 2.09. The maximum atomic E-state index is 11.9. The fourth-order valence-electron chi connectivity index (χ4n) is 1.55. The minimum absolute atomic E-state index is 0.340. The van der Waals surface area contributed by atoms with Gasteiger partial charge in [0.15, 0.2) is 0 Å². The number of carbonyl (C=O) groups is 1. The van der Waals surface area contributed by atoms with Crippen molar-refractivity contribution in [2.24, 2.45) is 5.10 Å². The Morgan fingerprint density at radius 3 is 3.09 bits per heavy atom. The lowest BCUT2D eigenvalue weighted by Gasteiger charge is -2.07. The van der Waals surface area contributed by atoms with E-state index in [9.17, 15) is 4.79 Å². The first-order valence-corrected chi connectivity index (χ1v) is 7.84. The summed E-state index contributed by atoms with van der Waals surface area (Å²) in [5.74, 6) is 0.309. The number of carbonyl (C=O) groups excluding carboxylic acids is 1.